The van der Waals surface area contributed by atoms with Crippen molar-refractivity contribution in [2.24, 2.45) is 0 Å². The van der Waals surface area contributed by atoms with Gasteiger partial charge >= 0.3 is 5.97 Å². The highest BCUT2D eigenvalue weighted by Gasteiger charge is 2.20. The Kier molecular flexibility index (Phi) is 5.67. The second-order valence-electron chi connectivity index (χ2n) is 5.62. The van der Waals surface area contributed by atoms with Crippen molar-refractivity contribution in [3.05, 3.63) is 24.3 Å². The number of amides is 1. The largest absolute Gasteiger partial charge is 0.459 e. The van der Waals surface area contributed by atoms with E-state index in [9.17, 15) is 18.0 Å². The first-order valence-electron chi connectivity index (χ1n) is 6.59. The molecule has 0 aliphatic heterocycles. The molecule has 1 aromatic rings. The maximum absolute atomic E-state index is 12.0. The zero-order valence-corrected chi connectivity index (χ0v) is 13.8. The van der Waals surface area contributed by atoms with Crippen LogP contribution in [0.2, 0.25) is 0 Å². The van der Waals surface area contributed by atoms with E-state index in [1.54, 1.807) is 20.8 Å². The maximum Gasteiger partial charge on any atom is 0.321 e. The molecular formula is C14H20N2O5S. The number of esters is 1. The number of hydrogen-bond acceptors (Lipinski definition) is 5. The summed E-state index contributed by atoms with van der Waals surface area (Å²) in [6.45, 7) is 5.99. The molecule has 0 aliphatic rings. The Labute approximate surface area is 130 Å². The van der Waals surface area contributed by atoms with Gasteiger partial charge in [0.25, 0.3) is 0 Å². The summed E-state index contributed by atoms with van der Waals surface area (Å²) in [6, 6.07) is 5.60. The summed E-state index contributed by atoms with van der Waals surface area (Å²) < 4.78 is 31.2. The van der Waals surface area contributed by atoms with Gasteiger partial charge in [-0.05, 0) is 45.0 Å². The first kappa shape index (κ1) is 18.1. The average Bonchev–Trinajstić information content (AvgIpc) is 2.34. The zero-order chi connectivity index (χ0) is 17.0. The molecule has 0 aliphatic carbocycles. The van der Waals surface area contributed by atoms with Crippen LogP contribution in [0.25, 0.3) is 0 Å². The molecule has 0 aromatic heterocycles. The predicted octanol–water partition coefficient (Wildman–Crippen LogP) is 1.26. The third-order valence-corrected chi connectivity index (χ3v) is 3.73. The van der Waals surface area contributed by atoms with Crippen LogP contribution in [0, 0.1) is 0 Å². The van der Waals surface area contributed by atoms with E-state index in [0.717, 1.165) is 0 Å². The van der Waals surface area contributed by atoms with Gasteiger partial charge in [-0.1, -0.05) is 0 Å². The van der Waals surface area contributed by atoms with E-state index < -0.39 is 28.1 Å². The number of nitrogens with one attached hydrogen (secondary N) is 2. The highest BCUT2D eigenvalue weighted by molar-refractivity contribution is 7.89. The Morgan fingerprint density at radius 1 is 1.14 bits per heavy atom. The van der Waals surface area contributed by atoms with Gasteiger partial charge in [0.1, 0.15) is 12.1 Å². The van der Waals surface area contributed by atoms with Crippen molar-refractivity contribution in [2.45, 2.75) is 38.2 Å². The average molecular weight is 328 g/mol. The number of ether oxygens (including phenoxy) is 1. The lowest BCUT2D eigenvalue weighted by Gasteiger charge is -2.19. The van der Waals surface area contributed by atoms with Gasteiger partial charge in [-0.25, -0.2) is 8.42 Å². The number of sulfonamides is 1. The van der Waals surface area contributed by atoms with Crippen LogP contribution in [0.3, 0.4) is 0 Å². The molecule has 0 saturated heterocycles. The topological polar surface area (TPSA) is 102 Å². The standard InChI is InChI=1S/C14H20N2O5S/c1-10(17)16-11-5-7-12(8-6-11)22(19,20)15-9-13(18)21-14(2,3)4/h5-8,15H,9H2,1-4H3,(H,16,17). The Bertz CT molecular complexity index is 645. The molecule has 0 saturated carbocycles. The predicted molar refractivity (Wildman–Crippen MR) is 81.8 cm³/mol. The van der Waals surface area contributed by atoms with Gasteiger partial charge in [-0.2, -0.15) is 4.72 Å². The molecule has 0 fully saturated rings. The van der Waals surface area contributed by atoms with Crippen LogP contribution in [-0.2, 0) is 24.3 Å². The van der Waals surface area contributed by atoms with Gasteiger partial charge < -0.3 is 10.1 Å². The van der Waals surface area contributed by atoms with Crippen molar-refractivity contribution in [1.29, 1.82) is 0 Å². The molecular weight excluding hydrogens is 308 g/mol. The van der Waals surface area contributed by atoms with Gasteiger partial charge in [-0.3, -0.25) is 9.59 Å². The Hall–Kier alpha value is -1.93. The number of benzene rings is 1. The molecule has 1 rings (SSSR count). The van der Waals surface area contributed by atoms with Crippen molar-refractivity contribution < 1.29 is 22.7 Å². The Balaban J connectivity index is 2.70. The number of hydrogen-bond donors (Lipinski definition) is 2. The molecule has 8 heteroatoms. The number of rotatable bonds is 5. The summed E-state index contributed by atoms with van der Waals surface area (Å²) in [7, 11) is -3.82. The summed E-state index contributed by atoms with van der Waals surface area (Å²) >= 11 is 0. The van der Waals surface area contributed by atoms with Gasteiger partial charge in [0.05, 0.1) is 4.90 Å². The van der Waals surface area contributed by atoms with E-state index in [-0.39, 0.29) is 10.8 Å². The zero-order valence-electron chi connectivity index (χ0n) is 13.0. The minimum absolute atomic E-state index is 0.00911. The highest BCUT2D eigenvalue weighted by Crippen LogP contribution is 2.14. The Morgan fingerprint density at radius 2 is 1.68 bits per heavy atom. The number of carbonyl (C=O) groups excluding carboxylic acids is 2. The maximum atomic E-state index is 12.0. The van der Waals surface area contributed by atoms with Crippen LogP contribution in [0.15, 0.2) is 29.2 Å². The van der Waals surface area contributed by atoms with E-state index in [2.05, 4.69) is 10.0 Å². The lowest BCUT2D eigenvalue weighted by Crippen LogP contribution is -2.34. The summed E-state index contributed by atoms with van der Waals surface area (Å²) in [4.78, 5) is 22.4. The fourth-order valence-corrected chi connectivity index (χ4v) is 2.50. The van der Waals surface area contributed by atoms with Crippen molar-refractivity contribution in [1.82, 2.24) is 4.72 Å². The summed E-state index contributed by atoms with van der Waals surface area (Å²) in [5.74, 6) is -0.912. The van der Waals surface area contributed by atoms with Crippen molar-refractivity contribution in [3.8, 4) is 0 Å². The quantitative estimate of drug-likeness (QED) is 0.793. The minimum Gasteiger partial charge on any atom is -0.459 e. The molecule has 0 atom stereocenters. The molecule has 22 heavy (non-hydrogen) atoms. The second-order valence-corrected chi connectivity index (χ2v) is 7.38. The number of anilines is 1. The molecule has 0 bridgehead atoms. The first-order valence-corrected chi connectivity index (χ1v) is 8.07. The smallest absolute Gasteiger partial charge is 0.321 e. The van der Waals surface area contributed by atoms with Crippen molar-refractivity contribution >= 4 is 27.6 Å². The number of carbonyl (C=O) groups is 2. The third kappa shape index (κ3) is 6.23. The van der Waals surface area contributed by atoms with E-state index in [4.69, 9.17) is 4.74 Å². The van der Waals surface area contributed by atoms with Crippen LogP contribution in [0.4, 0.5) is 5.69 Å². The highest BCUT2D eigenvalue weighted by atomic mass is 32.2. The molecule has 0 heterocycles. The monoisotopic (exact) mass is 328 g/mol. The summed E-state index contributed by atoms with van der Waals surface area (Å²) in [5.41, 5.74) is -0.193. The van der Waals surface area contributed by atoms with Gasteiger partial charge in [0, 0.05) is 12.6 Å². The molecule has 122 valence electrons. The fraction of sp³-hybridized carbons (Fsp3) is 0.429. The molecule has 0 unspecified atom stereocenters. The molecule has 2 N–H and O–H groups in total. The first-order chi connectivity index (χ1) is 9.99. The molecule has 1 aromatic carbocycles. The van der Waals surface area contributed by atoms with E-state index >= 15 is 0 Å². The van der Waals surface area contributed by atoms with E-state index in [1.165, 1.54) is 31.2 Å². The summed E-state index contributed by atoms with van der Waals surface area (Å²) in [5, 5.41) is 2.53. The SMILES string of the molecule is CC(=O)Nc1ccc(S(=O)(=O)NCC(=O)OC(C)(C)C)cc1. The normalized spacial score (nSPS) is 11.8. The van der Waals surface area contributed by atoms with Crippen molar-refractivity contribution in [3.63, 3.8) is 0 Å². The van der Waals surface area contributed by atoms with Gasteiger partial charge in [0.2, 0.25) is 15.9 Å². The molecule has 1 amide bonds. The lowest BCUT2D eigenvalue weighted by atomic mass is 10.2. The molecule has 7 nitrogen and oxygen atoms in total. The van der Waals surface area contributed by atoms with Gasteiger partial charge in [-0.15, -0.1) is 0 Å². The van der Waals surface area contributed by atoms with Crippen LogP contribution in [0.1, 0.15) is 27.7 Å². The van der Waals surface area contributed by atoms with Gasteiger partial charge in [0.15, 0.2) is 0 Å². The Morgan fingerprint density at radius 3 is 2.14 bits per heavy atom. The van der Waals surface area contributed by atoms with Crippen molar-refractivity contribution in [2.75, 3.05) is 11.9 Å². The fourth-order valence-electron chi connectivity index (χ4n) is 1.54. The van der Waals surface area contributed by atoms with E-state index in [0.29, 0.717) is 5.69 Å². The summed E-state index contributed by atoms with van der Waals surface area (Å²) in [6.07, 6.45) is 0. The minimum atomic E-state index is -3.82. The lowest BCUT2D eigenvalue weighted by molar-refractivity contribution is -0.153. The van der Waals surface area contributed by atoms with Crippen LogP contribution >= 0.6 is 0 Å². The molecule has 0 radical (unpaired) electrons. The van der Waals surface area contributed by atoms with E-state index in [1.807, 2.05) is 0 Å². The molecule has 0 spiro atoms. The third-order valence-electron chi connectivity index (χ3n) is 2.31. The van der Waals surface area contributed by atoms with Crippen LogP contribution < -0.4 is 10.0 Å². The van der Waals surface area contributed by atoms with Crippen LogP contribution in [-0.4, -0.2) is 32.4 Å². The second kappa shape index (κ2) is 6.89. The van der Waals surface area contributed by atoms with Crippen LogP contribution in [0.5, 0.6) is 0 Å².